The summed E-state index contributed by atoms with van der Waals surface area (Å²) in [5.41, 5.74) is -0.144. The molecule has 57 heavy (non-hydrogen) atoms. The van der Waals surface area contributed by atoms with Crippen LogP contribution in [0.4, 0.5) is 15.3 Å². The van der Waals surface area contributed by atoms with E-state index in [9.17, 15) is 14.4 Å². The van der Waals surface area contributed by atoms with Crippen LogP contribution in [0.5, 0.6) is 0 Å². The summed E-state index contributed by atoms with van der Waals surface area (Å²) in [5, 5.41) is 0.686. The number of benzene rings is 4. The van der Waals surface area contributed by atoms with Gasteiger partial charge in [-0.2, -0.15) is 0 Å². The molecule has 1 spiro atoms. The zero-order valence-electron chi connectivity index (χ0n) is 32.5. The second-order valence-electron chi connectivity index (χ2n) is 16.4. The van der Waals surface area contributed by atoms with Gasteiger partial charge in [0.15, 0.2) is 11.6 Å². The molecule has 2 amide bonds. The highest BCUT2D eigenvalue weighted by Crippen LogP contribution is 2.61. The van der Waals surface area contributed by atoms with E-state index in [1.165, 1.54) is 10.6 Å². The second kappa shape index (κ2) is 15.0. The molecule has 0 N–H and O–H groups in total. The third-order valence-corrected chi connectivity index (χ3v) is 11.4. The third kappa shape index (κ3) is 7.32. The van der Waals surface area contributed by atoms with Crippen molar-refractivity contribution in [3.8, 4) is 0 Å². The van der Waals surface area contributed by atoms with Crippen LogP contribution in [0, 0.1) is 5.92 Å². The molecule has 7 rings (SSSR count). The summed E-state index contributed by atoms with van der Waals surface area (Å²) < 4.78 is 14.9. The van der Waals surface area contributed by atoms with Crippen molar-refractivity contribution in [2.45, 2.75) is 76.9 Å². The van der Waals surface area contributed by atoms with Gasteiger partial charge in [-0.15, -0.1) is 0 Å². The van der Waals surface area contributed by atoms with E-state index in [0.29, 0.717) is 44.5 Å². The monoisotopic (exact) mass is 892 g/mol. The minimum Gasteiger partial charge on any atom is -0.443 e. The summed E-state index contributed by atoms with van der Waals surface area (Å²) in [5.74, 6) is -3.21. The van der Waals surface area contributed by atoms with Gasteiger partial charge in [0, 0.05) is 49.4 Å². The number of fused-ring (bicyclic) bond motifs is 5. The van der Waals surface area contributed by atoms with E-state index in [2.05, 4.69) is 31.9 Å². The average molecular weight is 895 g/mol. The first-order chi connectivity index (χ1) is 26.9. The Morgan fingerprint density at radius 3 is 1.95 bits per heavy atom. The van der Waals surface area contributed by atoms with E-state index < -0.39 is 46.5 Å². The largest absolute Gasteiger partial charge is 0.443 e. The van der Waals surface area contributed by atoms with Gasteiger partial charge in [-0.25, -0.2) is 19.1 Å². The van der Waals surface area contributed by atoms with Gasteiger partial charge in [0.25, 0.3) is 0 Å². The van der Waals surface area contributed by atoms with Crippen LogP contribution >= 0.6 is 31.9 Å². The standard InChI is InChI=1S/C46H42Br2N2O7/c1-44(2,3)56-42(54)49-35-15-9-7-12-31(35)39-33(14-11-17-38(51)27-18-22-29(47)23-19-27)46(34(26-37(39)49)40(52)28-20-24-30(48)25-21-28)32-13-8-10-16-36(32)50(41(46)53)43(55)57-45(4,5)6/h7-13,15-25,33-34H,14,26H2,1-6H3/b17-11+/t33-,34+,46-/m0/s1. The number of ether oxygens (including phenoxy) is 2. The number of imide groups is 1. The number of nitrogens with zero attached hydrogens (tertiary/aromatic N) is 2. The highest BCUT2D eigenvalue weighted by Gasteiger charge is 2.66. The van der Waals surface area contributed by atoms with Crippen molar-refractivity contribution in [3.63, 3.8) is 0 Å². The first-order valence-electron chi connectivity index (χ1n) is 18.7. The molecule has 2 heterocycles. The fourth-order valence-corrected chi connectivity index (χ4v) is 8.81. The summed E-state index contributed by atoms with van der Waals surface area (Å²) >= 11 is 6.89. The Labute approximate surface area is 348 Å². The van der Waals surface area contributed by atoms with Crippen LogP contribution in [0.2, 0.25) is 0 Å². The SMILES string of the molecule is CC(C)(C)OC(=O)N1C(=O)[C@]2(c3ccccc31)[C@@H](C(=O)c1ccc(Br)cc1)Cc1c(c3ccccc3n1C(=O)OC(C)(C)C)[C@@H]2C/C=C/C(=O)c1ccc(Br)cc1. The zero-order valence-corrected chi connectivity index (χ0v) is 35.6. The predicted molar refractivity (Wildman–Crippen MR) is 226 cm³/mol. The second-order valence-corrected chi connectivity index (χ2v) is 18.2. The predicted octanol–water partition coefficient (Wildman–Crippen LogP) is 11.1. The highest BCUT2D eigenvalue weighted by atomic mass is 79.9. The number of halogens is 2. The average Bonchev–Trinajstić information content (AvgIpc) is 3.61. The molecule has 1 aromatic heterocycles. The summed E-state index contributed by atoms with van der Waals surface area (Å²) in [6.45, 7) is 10.5. The van der Waals surface area contributed by atoms with Crippen molar-refractivity contribution in [1.29, 1.82) is 0 Å². The number of hydrogen-bond donors (Lipinski definition) is 0. The number of para-hydroxylation sites is 2. The van der Waals surface area contributed by atoms with Gasteiger partial charge in [-0.05, 0) is 114 Å². The van der Waals surface area contributed by atoms with Crippen LogP contribution in [-0.2, 0) is 26.1 Å². The van der Waals surface area contributed by atoms with Crippen molar-refractivity contribution < 1.29 is 33.4 Å². The highest BCUT2D eigenvalue weighted by molar-refractivity contribution is 9.10. The maximum atomic E-state index is 15.8. The molecule has 11 heteroatoms. The van der Waals surface area contributed by atoms with Crippen LogP contribution in [0.3, 0.4) is 0 Å². The number of amides is 2. The molecule has 0 fully saturated rings. The van der Waals surface area contributed by atoms with Crippen LogP contribution in [0.1, 0.15) is 91.4 Å². The Hall–Kier alpha value is -5.13. The molecule has 0 saturated carbocycles. The molecule has 9 nitrogen and oxygen atoms in total. The molecule has 1 aliphatic heterocycles. The quantitative estimate of drug-likeness (QED) is 0.123. The molecular formula is C46H42Br2N2O7. The van der Waals surface area contributed by atoms with Gasteiger partial charge < -0.3 is 9.47 Å². The van der Waals surface area contributed by atoms with Gasteiger partial charge in [-0.3, -0.25) is 14.4 Å². The minimum atomic E-state index is -1.70. The maximum absolute atomic E-state index is 15.8. The maximum Gasteiger partial charge on any atom is 0.421 e. The van der Waals surface area contributed by atoms with Crippen LogP contribution < -0.4 is 4.90 Å². The van der Waals surface area contributed by atoms with Crippen molar-refractivity contribution in [1.82, 2.24) is 4.57 Å². The van der Waals surface area contributed by atoms with E-state index in [1.54, 1.807) is 120 Å². The van der Waals surface area contributed by atoms with E-state index >= 15 is 9.59 Å². The smallest absolute Gasteiger partial charge is 0.421 e. The summed E-state index contributed by atoms with van der Waals surface area (Å²) in [7, 11) is 0. The van der Waals surface area contributed by atoms with E-state index in [4.69, 9.17) is 9.47 Å². The van der Waals surface area contributed by atoms with Gasteiger partial charge >= 0.3 is 12.2 Å². The molecule has 4 aromatic carbocycles. The summed E-state index contributed by atoms with van der Waals surface area (Å²) in [4.78, 5) is 74.2. The van der Waals surface area contributed by atoms with Gasteiger partial charge in [0.1, 0.15) is 11.2 Å². The number of carbonyl (C=O) groups excluding carboxylic acids is 5. The number of Topliss-reactive ketones (excluding diaryl/α,β-unsaturated/α-hetero) is 1. The normalized spacial score (nSPS) is 19.2. The van der Waals surface area contributed by atoms with E-state index in [-0.39, 0.29) is 24.4 Å². The Bertz CT molecular complexity index is 2470. The summed E-state index contributed by atoms with van der Waals surface area (Å²) in [6, 6.07) is 28.3. The molecule has 2 aliphatic rings. The van der Waals surface area contributed by atoms with Crippen molar-refractivity contribution >= 4 is 78.1 Å². The number of carbonyl (C=O) groups is 5. The first kappa shape index (κ1) is 40.1. The third-order valence-electron chi connectivity index (χ3n) is 10.4. The van der Waals surface area contributed by atoms with Crippen LogP contribution in [-0.4, -0.2) is 45.4 Å². The lowest BCUT2D eigenvalue weighted by atomic mass is 9.54. The van der Waals surface area contributed by atoms with Gasteiger partial charge in [-0.1, -0.05) is 86.5 Å². The molecule has 0 radical (unpaired) electrons. The van der Waals surface area contributed by atoms with Crippen molar-refractivity contribution in [2.24, 2.45) is 5.92 Å². The number of allylic oxidation sites excluding steroid dienone is 2. The van der Waals surface area contributed by atoms with Crippen LogP contribution in [0.25, 0.3) is 10.9 Å². The van der Waals surface area contributed by atoms with E-state index in [0.717, 1.165) is 13.8 Å². The zero-order chi connectivity index (χ0) is 41.0. The molecule has 0 unspecified atom stereocenters. The number of anilines is 1. The lowest BCUT2D eigenvalue weighted by Crippen LogP contribution is -2.56. The lowest BCUT2D eigenvalue weighted by molar-refractivity contribution is -0.125. The number of hydrogen-bond acceptors (Lipinski definition) is 7. The molecule has 292 valence electrons. The number of aromatic nitrogens is 1. The Balaban J connectivity index is 1.53. The number of rotatable bonds is 6. The van der Waals surface area contributed by atoms with E-state index in [1.807, 2.05) is 24.3 Å². The molecule has 0 saturated heterocycles. The van der Waals surface area contributed by atoms with Crippen molar-refractivity contribution in [3.05, 3.63) is 146 Å². The molecule has 3 atom stereocenters. The molecule has 1 aliphatic carbocycles. The van der Waals surface area contributed by atoms with Crippen LogP contribution in [0.15, 0.2) is 118 Å². The Morgan fingerprint density at radius 1 is 0.754 bits per heavy atom. The first-order valence-corrected chi connectivity index (χ1v) is 20.3. The molecule has 5 aromatic rings. The fraction of sp³-hybridized carbons (Fsp3) is 0.283. The van der Waals surface area contributed by atoms with Crippen molar-refractivity contribution in [2.75, 3.05) is 4.90 Å². The minimum absolute atomic E-state index is 0.0432. The molecule has 0 bridgehead atoms. The Morgan fingerprint density at radius 2 is 1.32 bits per heavy atom. The fourth-order valence-electron chi connectivity index (χ4n) is 8.28. The molecular weight excluding hydrogens is 852 g/mol. The summed E-state index contributed by atoms with van der Waals surface area (Å²) in [6.07, 6.45) is 1.74. The van der Waals surface area contributed by atoms with Gasteiger partial charge in [0.2, 0.25) is 5.91 Å². The van der Waals surface area contributed by atoms with Gasteiger partial charge in [0.05, 0.1) is 16.6 Å². The number of ketones is 2. The lowest BCUT2D eigenvalue weighted by Gasteiger charge is -2.46. The topological polar surface area (TPSA) is 112 Å². The Kier molecular flexibility index (Phi) is 10.5.